The number of nitrogens with zero attached hydrogens (tertiary/aromatic N) is 1. The zero-order valence-electron chi connectivity index (χ0n) is 12.9. The topological polar surface area (TPSA) is 37.4 Å². The molecule has 0 saturated heterocycles. The summed E-state index contributed by atoms with van der Waals surface area (Å²) in [5, 5.41) is 0. The fourth-order valence-corrected chi connectivity index (χ4v) is 2.98. The molecule has 4 rings (SSSR count). The monoisotopic (exact) mass is 335 g/mol. The van der Waals surface area contributed by atoms with Crippen LogP contribution in [0.1, 0.15) is 20.7 Å². The van der Waals surface area contributed by atoms with E-state index in [1.165, 1.54) is 6.07 Å². The summed E-state index contributed by atoms with van der Waals surface area (Å²) in [5.41, 5.74) is 1.84. The number of para-hydroxylation sites is 1. The van der Waals surface area contributed by atoms with Crippen LogP contribution in [0, 0.1) is 11.6 Å². The Bertz CT molecular complexity index is 995. The van der Waals surface area contributed by atoms with E-state index >= 15 is 0 Å². The number of benzene rings is 3. The first-order valence-corrected chi connectivity index (χ1v) is 7.60. The summed E-state index contributed by atoms with van der Waals surface area (Å²) in [4.78, 5) is 26.4. The smallest absolute Gasteiger partial charge is 0.266 e. The Labute approximate surface area is 142 Å². The minimum absolute atomic E-state index is 0.326. The Balaban J connectivity index is 1.87. The van der Waals surface area contributed by atoms with Crippen LogP contribution in [0.4, 0.5) is 14.5 Å². The van der Waals surface area contributed by atoms with Gasteiger partial charge in [-0.05, 0) is 35.9 Å². The highest BCUT2D eigenvalue weighted by atomic mass is 19.2. The van der Waals surface area contributed by atoms with Gasteiger partial charge in [-0.2, -0.15) is 0 Å². The van der Waals surface area contributed by atoms with Crippen molar-refractivity contribution in [2.75, 3.05) is 4.90 Å². The lowest BCUT2D eigenvalue weighted by Gasteiger charge is -2.18. The number of halogens is 2. The first-order chi connectivity index (χ1) is 12.1. The number of anilines is 1. The quantitative estimate of drug-likeness (QED) is 0.650. The van der Waals surface area contributed by atoms with Gasteiger partial charge in [0.2, 0.25) is 0 Å². The lowest BCUT2D eigenvalue weighted by molar-refractivity contribution is 0.0926. The highest BCUT2D eigenvalue weighted by molar-refractivity contribution is 6.35. The molecule has 0 fully saturated rings. The average molecular weight is 335 g/mol. The third kappa shape index (κ3) is 2.32. The van der Waals surface area contributed by atoms with Crippen LogP contribution in [-0.4, -0.2) is 11.8 Å². The standard InChI is InChI=1S/C20H11F2NO2/c21-16-10-9-12(11-17(16)22)13-5-3-4-8-18(13)23-19(24)14-6-1-2-7-15(14)20(23)25/h1-11H. The molecule has 0 saturated carbocycles. The third-order valence-corrected chi connectivity index (χ3v) is 4.17. The van der Waals surface area contributed by atoms with Gasteiger partial charge in [0.15, 0.2) is 11.6 Å². The van der Waals surface area contributed by atoms with Gasteiger partial charge in [0.25, 0.3) is 11.8 Å². The van der Waals surface area contributed by atoms with Gasteiger partial charge >= 0.3 is 0 Å². The zero-order chi connectivity index (χ0) is 17.6. The van der Waals surface area contributed by atoms with Crippen molar-refractivity contribution in [2.24, 2.45) is 0 Å². The van der Waals surface area contributed by atoms with Gasteiger partial charge in [0, 0.05) is 5.56 Å². The lowest BCUT2D eigenvalue weighted by atomic mass is 10.0. The van der Waals surface area contributed by atoms with Crippen molar-refractivity contribution in [2.45, 2.75) is 0 Å². The normalized spacial score (nSPS) is 13.3. The Morgan fingerprint density at radius 2 is 1.20 bits per heavy atom. The van der Waals surface area contributed by atoms with Gasteiger partial charge in [0.1, 0.15) is 0 Å². The van der Waals surface area contributed by atoms with E-state index in [0.29, 0.717) is 27.9 Å². The molecule has 25 heavy (non-hydrogen) atoms. The van der Waals surface area contributed by atoms with E-state index in [1.54, 1.807) is 48.5 Å². The second-order valence-corrected chi connectivity index (χ2v) is 5.64. The van der Waals surface area contributed by atoms with Crippen LogP contribution >= 0.6 is 0 Å². The molecular weight excluding hydrogens is 324 g/mol. The van der Waals surface area contributed by atoms with Crippen molar-refractivity contribution < 1.29 is 18.4 Å². The maximum absolute atomic E-state index is 13.6. The first kappa shape index (κ1) is 15.2. The Kier molecular flexibility index (Phi) is 3.42. The highest BCUT2D eigenvalue weighted by Gasteiger charge is 2.37. The number of rotatable bonds is 2. The van der Waals surface area contributed by atoms with Gasteiger partial charge < -0.3 is 0 Å². The predicted octanol–water partition coefficient (Wildman–Crippen LogP) is 4.43. The molecule has 0 spiro atoms. The maximum Gasteiger partial charge on any atom is 0.266 e. The molecule has 0 radical (unpaired) electrons. The molecule has 1 heterocycles. The van der Waals surface area contributed by atoms with Crippen molar-refractivity contribution in [3.8, 4) is 11.1 Å². The molecule has 3 aromatic rings. The van der Waals surface area contributed by atoms with Gasteiger partial charge in [-0.1, -0.05) is 36.4 Å². The minimum Gasteiger partial charge on any atom is -0.268 e. The van der Waals surface area contributed by atoms with Crippen molar-refractivity contribution in [1.82, 2.24) is 0 Å². The molecule has 3 nitrogen and oxygen atoms in total. The van der Waals surface area contributed by atoms with Crippen LogP contribution in [0.3, 0.4) is 0 Å². The number of carbonyl (C=O) groups excluding carboxylic acids is 2. The number of carbonyl (C=O) groups is 2. The van der Waals surface area contributed by atoms with Gasteiger partial charge in [-0.25, -0.2) is 13.7 Å². The number of imide groups is 1. The van der Waals surface area contributed by atoms with Crippen LogP contribution in [0.25, 0.3) is 11.1 Å². The van der Waals surface area contributed by atoms with E-state index in [4.69, 9.17) is 0 Å². The summed E-state index contributed by atoms with van der Waals surface area (Å²) in [6, 6.07) is 16.7. The summed E-state index contributed by atoms with van der Waals surface area (Å²) in [6.45, 7) is 0. The van der Waals surface area contributed by atoms with Gasteiger partial charge in [0.05, 0.1) is 16.8 Å². The van der Waals surface area contributed by atoms with E-state index in [-0.39, 0.29) is 0 Å². The number of hydrogen-bond donors (Lipinski definition) is 0. The van der Waals surface area contributed by atoms with Crippen molar-refractivity contribution in [3.63, 3.8) is 0 Å². The molecule has 122 valence electrons. The molecule has 5 heteroatoms. The minimum atomic E-state index is -0.991. The second-order valence-electron chi connectivity index (χ2n) is 5.64. The van der Waals surface area contributed by atoms with Crippen LogP contribution < -0.4 is 4.90 Å². The molecule has 0 N–H and O–H groups in total. The first-order valence-electron chi connectivity index (χ1n) is 7.60. The van der Waals surface area contributed by atoms with E-state index in [0.717, 1.165) is 17.0 Å². The van der Waals surface area contributed by atoms with Crippen LogP contribution in [-0.2, 0) is 0 Å². The summed E-state index contributed by atoms with van der Waals surface area (Å²) in [5.74, 6) is -2.82. The van der Waals surface area contributed by atoms with Crippen LogP contribution in [0.15, 0.2) is 66.7 Å². The summed E-state index contributed by atoms with van der Waals surface area (Å²) < 4.78 is 26.8. The van der Waals surface area contributed by atoms with Crippen molar-refractivity contribution in [3.05, 3.63) is 89.5 Å². The van der Waals surface area contributed by atoms with Gasteiger partial charge in [-0.3, -0.25) is 9.59 Å². The van der Waals surface area contributed by atoms with E-state index in [2.05, 4.69) is 0 Å². The van der Waals surface area contributed by atoms with Crippen LogP contribution in [0.2, 0.25) is 0 Å². The van der Waals surface area contributed by atoms with E-state index in [9.17, 15) is 18.4 Å². The molecule has 2 amide bonds. The molecule has 0 aliphatic carbocycles. The van der Waals surface area contributed by atoms with E-state index in [1.807, 2.05) is 0 Å². The maximum atomic E-state index is 13.6. The van der Waals surface area contributed by atoms with E-state index < -0.39 is 23.4 Å². The summed E-state index contributed by atoms with van der Waals surface area (Å²) >= 11 is 0. The third-order valence-electron chi connectivity index (χ3n) is 4.17. The lowest BCUT2D eigenvalue weighted by Crippen LogP contribution is -2.29. The molecule has 0 bridgehead atoms. The summed E-state index contributed by atoms with van der Waals surface area (Å²) in [7, 11) is 0. The van der Waals surface area contributed by atoms with Crippen molar-refractivity contribution >= 4 is 17.5 Å². The van der Waals surface area contributed by atoms with Crippen LogP contribution in [0.5, 0.6) is 0 Å². The zero-order valence-corrected chi connectivity index (χ0v) is 12.9. The Morgan fingerprint density at radius 1 is 0.640 bits per heavy atom. The fourth-order valence-electron chi connectivity index (χ4n) is 2.98. The highest BCUT2D eigenvalue weighted by Crippen LogP contribution is 2.36. The van der Waals surface area contributed by atoms with Gasteiger partial charge in [-0.15, -0.1) is 0 Å². The predicted molar refractivity (Wildman–Crippen MR) is 89.4 cm³/mol. The molecule has 0 unspecified atom stereocenters. The average Bonchev–Trinajstić information content (AvgIpc) is 2.89. The second kappa shape index (κ2) is 5.63. The fraction of sp³-hybridized carbons (Fsp3) is 0. The number of hydrogen-bond acceptors (Lipinski definition) is 2. The molecule has 1 aliphatic heterocycles. The molecule has 1 aliphatic rings. The molecular formula is C20H11F2NO2. The summed E-state index contributed by atoms with van der Waals surface area (Å²) in [6.07, 6.45) is 0. The Morgan fingerprint density at radius 3 is 1.80 bits per heavy atom. The van der Waals surface area contributed by atoms with Crippen molar-refractivity contribution in [1.29, 1.82) is 0 Å². The molecule has 0 aromatic heterocycles. The molecule has 3 aromatic carbocycles. The SMILES string of the molecule is O=C1c2ccccc2C(=O)N1c1ccccc1-c1ccc(F)c(F)c1. The number of fused-ring (bicyclic) bond motifs is 1. The molecule has 0 atom stereocenters. The number of amides is 2. The largest absolute Gasteiger partial charge is 0.268 e. The Hall–Kier alpha value is -3.34.